The van der Waals surface area contributed by atoms with Gasteiger partial charge in [-0.2, -0.15) is 5.10 Å². The second-order valence-electron chi connectivity index (χ2n) is 6.59. The molecule has 7 heteroatoms. The first-order chi connectivity index (χ1) is 11.8. The van der Waals surface area contributed by atoms with E-state index < -0.39 is 5.82 Å². The number of fused-ring (bicyclic) bond motifs is 1. The van der Waals surface area contributed by atoms with Crippen molar-refractivity contribution in [3.8, 4) is 0 Å². The van der Waals surface area contributed by atoms with Gasteiger partial charge in [-0.3, -0.25) is 5.10 Å². The SMILES string of the molecule is Fc1cnc(N2CCN(c3n[nH]c4ccccc34)C3(CC3)C2)nc1. The Labute approximate surface area is 138 Å². The maximum atomic E-state index is 13.1. The molecule has 1 saturated carbocycles. The minimum absolute atomic E-state index is 0.0912. The van der Waals surface area contributed by atoms with Crippen molar-refractivity contribution in [2.75, 3.05) is 29.4 Å². The average molecular weight is 324 g/mol. The largest absolute Gasteiger partial charge is 0.345 e. The van der Waals surface area contributed by atoms with E-state index in [4.69, 9.17) is 0 Å². The van der Waals surface area contributed by atoms with E-state index in [-0.39, 0.29) is 5.54 Å². The number of aromatic nitrogens is 4. The minimum Gasteiger partial charge on any atom is -0.345 e. The summed E-state index contributed by atoms with van der Waals surface area (Å²) in [7, 11) is 0. The van der Waals surface area contributed by atoms with Crippen LogP contribution in [0, 0.1) is 5.82 Å². The molecule has 1 spiro atoms. The third-order valence-corrected chi connectivity index (χ3v) is 5.07. The summed E-state index contributed by atoms with van der Waals surface area (Å²) >= 11 is 0. The second kappa shape index (κ2) is 4.90. The molecule has 0 amide bonds. The molecule has 0 bridgehead atoms. The normalized spacial score (nSPS) is 19.2. The zero-order valence-corrected chi connectivity index (χ0v) is 13.1. The summed E-state index contributed by atoms with van der Waals surface area (Å²) in [5.74, 6) is 1.23. The average Bonchev–Trinajstić information content (AvgIpc) is 3.24. The highest BCUT2D eigenvalue weighted by atomic mass is 19.1. The van der Waals surface area contributed by atoms with Crippen LogP contribution in [0.3, 0.4) is 0 Å². The summed E-state index contributed by atoms with van der Waals surface area (Å²) in [5, 5.41) is 8.86. The number of piperazine rings is 1. The zero-order valence-electron chi connectivity index (χ0n) is 13.1. The summed E-state index contributed by atoms with van der Waals surface area (Å²) < 4.78 is 13.1. The molecule has 1 N–H and O–H groups in total. The van der Waals surface area contributed by atoms with Gasteiger partial charge in [0.2, 0.25) is 5.95 Å². The number of rotatable bonds is 2. The van der Waals surface area contributed by atoms with Gasteiger partial charge in [0.1, 0.15) is 0 Å². The van der Waals surface area contributed by atoms with E-state index in [0.29, 0.717) is 5.95 Å². The lowest BCUT2D eigenvalue weighted by Gasteiger charge is -2.42. The van der Waals surface area contributed by atoms with Gasteiger partial charge in [0, 0.05) is 25.0 Å². The van der Waals surface area contributed by atoms with E-state index in [1.165, 1.54) is 12.4 Å². The van der Waals surface area contributed by atoms with Crippen molar-refractivity contribution < 1.29 is 4.39 Å². The third-order valence-electron chi connectivity index (χ3n) is 5.07. The number of hydrogen-bond donors (Lipinski definition) is 1. The van der Waals surface area contributed by atoms with E-state index in [0.717, 1.165) is 49.2 Å². The summed E-state index contributed by atoms with van der Waals surface area (Å²) in [6.07, 6.45) is 4.72. The quantitative estimate of drug-likeness (QED) is 0.784. The van der Waals surface area contributed by atoms with Crippen molar-refractivity contribution in [1.29, 1.82) is 0 Å². The molecule has 24 heavy (non-hydrogen) atoms. The number of H-pyrrole nitrogens is 1. The van der Waals surface area contributed by atoms with E-state index in [2.05, 4.69) is 36.0 Å². The third kappa shape index (κ3) is 2.04. The first kappa shape index (κ1) is 13.7. The van der Waals surface area contributed by atoms with Gasteiger partial charge >= 0.3 is 0 Å². The van der Waals surface area contributed by atoms with E-state index in [1.54, 1.807) is 0 Å². The van der Waals surface area contributed by atoms with Crippen molar-refractivity contribution in [3.63, 3.8) is 0 Å². The Kier molecular flexibility index (Phi) is 2.80. The summed E-state index contributed by atoms with van der Waals surface area (Å²) in [6, 6.07) is 8.22. The van der Waals surface area contributed by atoms with E-state index in [1.807, 2.05) is 18.2 Å². The Morgan fingerprint density at radius 3 is 2.67 bits per heavy atom. The standard InChI is InChI=1S/C17H17FN6/c18-12-9-19-16(20-10-12)23-7-8-24(17(11-23)5-6-17)15-13-3-1-2-4-14(13)21-22-15/h1-4,9-10H,5-8,11H2,(H,21,22). The Hall–Kier alpha value is -2.70. The molecule has 6 nitrogen and oxygen atoms in total. The van der Waals surface area contributed by atoms with Crippen LogP contribution < -0.4 is 9.80 Å². The molecule has 0 atom stereocenters. The predicted molar refractivity (Wildman–Crippen MR) is 89.6 cm³/mol. The van der Waals surface area contributed by atoms with E-state index >= 15 is 0 Å². The highest BCUT2D eigenvalue weighted by molar-refractivity contribution is 5.90. The molecule has 3 heterocycles. The van der Waals surface area contributed by atoms with Crippen molar-refractivity contribution in [1.82, 2.24) is 20.2 Å². The zero-order chi connectivity index (χ0) is 16.1. The van der Waals surface area contributed by atoms with Crippen LogP contribution >= 0.6 is 0 Å². The fourth-order valence-corrected chi connectivity index (χ4v) is 3.67. The summed E-state index contributed by atoms with van der Waals surface area (Å²) in [4.78, 5) is 12.8. The van der Waals surface area contributed by atoms with Gasteiger partial charge in [0.25, 0.3) is 0 Å². The number of aromatic amines is 1. The number of para-hydroxylation sites is 1. The lowest BCUT2D eigenvalue weighted by molar-refractivity contribution is 0.498. The Balaban J connectivity index is 1.46. The molecule has 2 aliphatic rings. The fraction of sp³-hybridized carbons (Fsp3) is 0.353. The van der Waals surface area contributed by atoms with Crippen LogP contribution in [0.2, 0.25) is 0 Å². The molecule has 2 aromatic heterocycles. The predicted octanol–water partition coefficient (Wildman–Crippen LogP) is 2.35. The molecule has 0 radical (unpaired) electrons. The second-order valence-corrected chi connectivity index (χ2v) is 6.59. The van der Waals surface area contributed by atoms with Gasteiger partial charge in [0.15, 0.2) is 11.6 Å². The number of hydrogen-bond acceptors (Lipinski definition) is 5. The number of anilines is 2. The number of halogens is 1. The highest BCUT2D eigenvalue weighted by Gasteiger charge is 2.52. The summed E-state index contributed by atoms with van der Waals surface area (Å²) in [5.41, 5.74) is 1.15. The van der Waals surface area contributed by atoms with Crippen molar-refractivity contribution in [2.24, 2.45) is 0 Å². The number of nitrogens with one attached hydrogen (secondary N) is 1. The highest BCUT2D eigenvalue weighted by Crippen LogP contribution is 2.47. The Bertz CT molecular complexity index is 885. The maximum absolute atomic E-state index is 13.1. The molecule has 1 aromatic carbocycles. The molecule has 1 aliphatic heterocycles. The molecule has 122 valence electrons. The van der Waals surface area contributed by atoms with Crippen molar-refractivity contribution >= 4 is 22.7 Å². The maximum Gasteiger partial charge on any atom is 0.225 e. The van der Waals surface area contributed by atoms with Gasteiger partial charge < -0.3 is 9.80 Å². The summed E-state index contributed by atoms with van der Waals surface area (Å²) in [6.45, 7) is 2.50. The van der Waals surface area contributed by atoms with E-state index in [9.17, 15) is 4.39 Å². The first-order valence-corrected chi connectivity index (χ1v) is 8.18. The van der Waals surface area contributed by atoms with Crippen LogP contribution in [0.25, 0.3) is 10.9 Å². The Morgan fingerprint density at radius 2 is 1.88 bits per heavy atom. The lowest BCUT2D eigenvalue weighted by Crippen LogP contribution is -2.56. The van der Waals surface area contributed by atoms with Crippen LogP contribution in [0.15, 0.2) is 36.7 Å². The monoisotopic (exact) mass is 324 g/mol. The van der Waals surface area contributed by atoms with Crippen LogP contribution in [-0.4, -0.2) is 45.3 Å². The van der Waals surface area contributed by atoms with Gasteiger partial charge in [-0.05, 0) is 25.0 Å². The van der Waals surface area contributed by atoms with Gasteiger partial charge in [0.05, 0.1) is 23.4 Å². The molecule has 5 rings (SSSR count). The molecule has 3 aromatic rings. The van der Waals surface area contributed by atoms with Crippen molar-refractivity contribution in [3.05, 3.63) is 42.5 Å². The van der Waals surface area contributed by atoms with Crippen LogP contribution in [-0.2, 0) is 0 Å². The van der Waals surface area contributed by atoms with Crippen LogP contribution in [0.1, 0.15) is 12.8 Å². The minimum atomic E-state index is -0.401. The molecular formula is C17H17FN6. The smallest absolute Gasteiger partial charge is 0.225 e. The van der Waals surface area contributed by atoms with Crippen LogP contribution in [0.5, 0.6) is 0 Å². The van der Waals surface area contributed by atoms with Gasteiger partial charge in [-0.1, -0.05) is 12.1 Å². The Morgan fingerprint density at radius 1 is 1.08 bits per heavy atom. The molecule has 1 saturated heterocycles. The molecule has 0 unspecified atom stereocenters. The van der Waals surface area contributed by atoms with Crippen LogP contribution in [0.4, 0.5) is 16.2 Å². The van der Waals surface area contributed by atoms with Gasteiger partial charge in [-0.25, -0.2) is 14.4 Å². The topological polar surface area (TPSA) is 60.9 Å². The van der Waals surface area contributed by atoms with Crippen molar-refractivity contribution in [2.45, 2.75) is 18.4 Å². The molecule has 2 fully saturated rings. The first-order valence-electron chi connectivity index (χ1n) is 8.18. The number of nitrogens with zero attached hydrogens (tertiary/aromatic N) is 5. The molecule has 1 aliphatic carbocycles. The lowest BCUT2D eigenvalue weighted by atomic mass is 10.1. The number of benzene rings is 1. The fourth-order valence-electron chi connectivity index (χ4n) is 3.67. The molecular weight excluding hydrogens is 307 g/mol. The van der Waals surface area contributed by atoms with Gasteiger partial charge in [-0.15, -0.1) is 0 Å².